The first-order chi connectivity index (χ1) is 6.20. The van der Waals surface area contributed by atoms with Gasteiger partial charge in [-0.1, -0.05) is 6.92 Å². The molecule has 0 radical (unpaired) electrons. The summed E-state index contributed by atoms with van der Waals surface area (Å²) in [4.78, 5) is 0. The van der Waals surface area contributed by atoms with Crippen LogP contribution in [0.25, 0.3) is 0 Å². The normalized spacial score (nSPS) is 44.8. The fourth-order valence-electron chi connectivity index (χ4n) is 2.13. The molecule has 3 unspecified atom stereocenters. The van der Waals surface area contributed by atoms with E-state index < -0.39 is 0 Å². The van der Waals surface area contributed by atoms with Crippen molar-refractivity contribution in [2.45, 2.75) is 38.6 Å². The Morgan fingerprint density at radius 3 is 2.85 bits per heavy atom. The van der Waals surface area contributed by atoms with Gasteiger partial charge in [0.05, 0.1) is 6.61 Å². The number of hydrogen-bond donors (Lipinski definition) is 1. The van der Waals surface area contributed by atoms with Crippen LogP contribution in [0.1, 0.15) is 33.1 Å². The Morgan fingerprint density at radius 1 is 1.54 bits per heavy atom. The molecule has 1 saturated carbocycles. The Morgan fingerprint density at radius 2 is 2.31 bits per heavy atom. The largest absolute Gasteiger partial charge is 0.380 e. The van der Waals surface area contributed by atoms with Gasteiger partial charge in [-0.25, -0.2) is 0 Å². The quantitative estimate of drug-likeness (QED) is 0.720. The summed E-state index contributed by atoms with van der Waals surface area (Å²) in [5, 5.41) is 3.67. The summed E-state index contributed by atoms with van der Waals surface area (Å²) in [5.41, 5.74) is 0.264. The summed E-state index contributed by atoms with van der Waals surface area (Å²) in [6.45, 7) is 7.68. The summed E-state index contributed by atoms with van der Waals surface area (Å²) >= 11 is 0. The van der Waals surface area contributed by atoms with E-state index in [0.717, 1.165) is 25.0 Å². The smallest absolute Gasteiger partial charge is 0.0645 e. The average Bonchev–Trinajstić information content (AvgIpc) is 2.80. The van der Waals surface area contributed by atoms with Crippen LogP contribution in [-0.2, 0) is 4.74 Å². The van der Waals surface area contributed by atoms with Crippen LogP contribution in [0.4, 0.5) is 0 Å². The second kappa shape index (κ2) is 3.58. The van der Waals surface area contributed by atoms with Crippen molar-refractivity contribution in [3.8, 4) is 0 Å². The van der Waals surface area contributed by atoms with E-state index in [1.807, 2.05) is 0 Å². The minimum Gasteiger partial charge on any atom is -0.380 e. The van der Waals surface area contributed by atoms with Gasteiger partial charge in [-0.3, -0.25) is 0 Å². The molecule has 1 saturated heterocycles. The van der Waals surface area contributed by atoms with Crippen LogP contribution in [0.3, 0.4) is 0 Å². The van der Waals surface area contributed by atoms with Crippen LogP contribution >= 0.6 is 0 Å². The van der Waals surface area contributed by atoms with E-state index in [4.69, 9.17) is 4.74 Å². The Hall–Kier alpha value is -0.0800. The molecule has 0 aromatic rings. The van der Waals surface area contributed by atoms with Gasteiger partial charge >= 0.3 is 0 Å². The van der Waals surface area contributed by atoms with Gasteiger partial charge in [-0.05, 0) is 44.6 Å². The lowest BCUT2D eigenvalue weighted by atomic mass is 9.95. The second-order valence-corrected chi connectivity index (χ2v) is 5.07. The van der Waals surface area contributed by atoms with Crippen molar-refractivity contribution in [1.82, 2.24) is 5.32 Å². The van der Waals surface area contributed by atoms with Crippen LogP contribution < -0.4 is 5.32 Å². The SMILES string of the molecule is CC1CC1CNC1(C)CCCOC1. The number of ether oxygens (including phenoxy) is 1. The maximum absolute atomic E-state index is 5.50. The Labute approximate surface area is 81.0 Å². The lowest BCUT2D eigenvalue weighted by Gasteiger charge is -2.34. The molecular weight excluding hydrogens is 162 g/mol. The minimum atomic E-state index is 0.264. The molecule has 1 heterocycles. The highest BCUT2D eigenvalue weighted by atomic mass is 16.5. The number of hydrogen-bond acceptors (Lipinski definition) is 2. The Balaban J connectivity index is 1.72. The zero-order valence-electron chi connectivity index (χ0n) is 8.81. The maximum atomic E-state index is 5.50. The summed E-state index contributed by atoms with van der Waals surface area (Å²) < 4.78 is 5.50. The molecule has 3 atom stereocenters. The standard InChI is InChI=1S/C11H21NO/c1-9-6-10(9)7-12-11(2)4-3-5-13-8-11/h9-10,12H,3-8H2,1-2H3. The maximum Gasteiger partial charge on any atom is 0.0645 e. The van der Waals surface area contributed by atoms with Crippen LogP contribution in [0.5, 0.6) is 0 Å². The van der Waals surface area contributed by atoms with Crippen molar-refractivity contribution in [2.24, 2.45) is 11.8 Å². The van der Waals surface area contributed by atoms with Crippen molar-refractivity contribution in [2.75, 3.05) is 19.8 Å². The lowest BCUT2D eigenvalue weighted by Crippen LogP contribution is -2.49. The summed E-state index contributed by atoms with van der Waals surface area (Å²) in [6.07, 6.45) is 3.90. The van der Waals surface area contributed by atoms with Crippen molar-refractivity contribution in [3.63, 3.8) is 0 Å². The first kappa shape index (κ1) is 9.47. The molecule has 2 rings (SSSR count). The topological polar surface area (TPSA) is 21.3 Å². The van der Waals surface area contributed by atoms with Gasteiger partial charge in [-0.15, -0.1) is 0 Å². The minimum absolute atomic E-state index is 0.264. The van der Waals surface area contributed by atoms with Gasteiger partial charge in [-0.2, -0.15) is 0 Å². The highest BCUT2D eigenvalue weighted by Gasteiger charge is 2.35. The summed E-state index contributed by atoms with van der Waals surface area (Å²) in [7, 11) is 0. The molecular formula is C11H21NO. The Kier molecular flexibility index (Phi) is 2.61. The predicted octanol–water partition coefficient (Wildman–Crippen LogP) is 1.80. The van der Waals surface area contributed by atoms with Crippen molar-refractivity contribution in [3.05, 3.63) is 0 Å². The monoisotopic (exact) mass is 183 g/mol. The van der Waals surface area contributed by atoms with Crippen molar-refractivity contribution in [1.29, 1.82) is 0 Å². The third kappa shape index (κ3) is 2.44. The molecule has 1 aliphatic carbocycles. The zero-order valence-corrected chi connectivity index (χ0v) is 8.81. The van der Waals surface area contributed by atoms with Gasteiger partial charge in [0, 0.05) is 12.1 Å². The lowest BCUT2D eigenvalue weighted by molar-refractivity contribution is 0.0281. The van der Waals surface area contributed by atoms with Crippen molar-refractivity contribution >= 4 is 0 Å². The van der Waals surface area contributed by atoms with Crippen LogP contribution in [0.15, 0.2) is 0 Å². The van der Waals surface area contributed by atoms with Crippen LogP contribution in [-0.4, -0.2) is 25.3 Å². The molecule has 0 amide bonds. The first-order valence-corrected chi connectivity index (χ1v) is 5.52. The van der Waals surface area contributed by atoms with E-state index in [1.54, 1.807) is 0 Å². The van der Waals surface area contributed by atoms with Gasteiger partial charge in [0.1, 0.15) is 0 Å². The molecule has 0 bridgehead atoms. The van der Waals surface area contributed by atoms with Gasteiger partial charge in [0.25, 0.3) is 0 Å². The van der Waals surface area contributed by atoms with E-state index in [1.165, 1.54) is 25.8 Å². The van der Waals surface area contributed by atoms with Crippen LogP contribution in [0.2, 0.25) is 0 Å². The molecule has 2 heteroatoms. The average molecular weight is 183 g/mol. The first-order valence-electron chi connectivity index (χ1n) is 5.52. The molecule has 13 heavy (non-hydrogen) atoms. The van der Waals surface area contributed by atoms with E-state index in [0.29, 0.717) is 0 Å². The highest BCUT2D eigenvalue weighted by molar-refractivity contribution is 4.90. The van der Waals surface area contributed by atoms with Crippen LogP contribution in [0, 0.1) is 11.8 Å². The predicted molar refractivity (Wildman–Crippen MR) is 53.7 cm³/mol. The van der Waals surface area contributed by atoms with E-state index in [9.17, 15) is 0 Å². The highest BCUT2D eigenvalue weighted by Crippen LogP contribution is 2.37. The molecule has 0 spiro atoms. The second-order valence-electron chi connectivity index (χ2n) is 5.07. The van der Waals surface area contributed by atoms with E-state index in [2.05, 4.69) is 19.2 Å². The summed E-state index contributed by atoms with van der Waals surface area (Å²) in [6, 6.07) is 0. The van der Waals surface area contributed by atoms with Gasteiger partial charge in [0.15, 0.2) is 0 Å². The van der Waals surface area contributed by atoms with Gasteiger partial charge in [0.2, 0.25) is 0 Å². The van der Waals surface area contributed by atoms with Gasteiger partial charge < -0.3 is 10.1 Å². The van der Waals surface area contributed by atoms with E-state index in [-0.39, 0.29) is 5.54 Å². The number of rotatable bonds is 3. The summed E-state index contributed by atoms with van der Waals surface area (Å²) in [5.74, 6) is 1.90. The fourth-order valence-corrected chi connectivity index (χ4v) is 2.13. The molecule has 0 aromatic carbocycles. The molecule has 0 aromatic heterocycles. The van der Waals surface area contributed by atoms with Crippen molar-refractivity contribution < 1.29 is 4.74 Å². The number of nitrogens with one attached hydrogen (secondary N) is 1. The third-order valence-electron chi connectivity index (χ3n) is 3.51. The molecule has 1 aliphatic heterocycles. The fraction of sp³-hybridized carbons (Fsp3) is 1.00. The third-order valence-corrected chi connectivity index (χ3v) is 3.51. The molecule has 2 fully saturated rings. The zero-order chi connectivity index (χ0) is 9.31. The molecule has 2 nitrogen and oxygen atoms in total. The molecule has 2 aliphatic rings. The van der Waals surface area contributed by atoms with E-state index >= 15 is 0 Å². The molecule has 76 valence electrons. The Bertz CT molecular complexity index is 175. The molecule has 1 N–H and O–H groups in total.